The maximum atomic E-state index is 9.60. The normalized spacial score (nSPS) is 14.3. The topological polar surface area (TPSA) is 77.4 Å². The SMILES string of the molecule is CCC=COCC(O)COCCCCOCC(O)COC=CCC. The molecule has 0 spiro atoms. The van der Waals surface area contributed by atoms with E-state index in [1.165, 1.54) is 0 Å². The predicted octanol–water partition coefficient (Wildman–Crippen LogP) is 2.40. The van der Waals surface area contributed by atoms with Crippen LogP contribution < -0.4 is 0 Å². The Morgan fingerprint density at radius 2 is 1.12 bits per heavy atom. The molecule has 2 N–H and O–H groups in total. The van der Waals surface area contributed by atoms with Gasteiger partial charge < -0.3 is 29.2 Å². The Morgan fingerprint density at radius 3 is 1.50 bits per heavy atom. The summed E-state index contributed by atoms with van der Waals surface area (Å²) < 4.78 is 21.0. The van der Waals surface area contributed by atoms with Gasteiger partial charge in [0.15, 0.2) is 0 Å². The molecule has 0 aromatic rings. The molecular weight excluding hydrogens is 312 g/mol. The molecule has 0 rings (SSSR count). The lowest BCUT2D eigenvalue weighted by molar-refractivity contribution is -0.00814. The molecule has 0 fully saturated rings. The summed E-state index contributed by atoms with van der Waals surface area (Å²) in [6.07, 6.45) is 9.25. The van der Waals surface area contributed by atoms with Crippen molar-refractivity contribution in [2.75, 3.05) is 39.6 Å². The summed E-state index contributed by atoms with van der Waals surface area (Å²) in [7, 11) is 0. The zero-order valence-electron chi connectivity index (χ0n) is 15.1. The van der Waals surface area contributed by atoms with Crippen molar-refractivity contribution in [2.45, 2.75) is 51.7 Å². The van der Waals surface area contributed by atoms with Crippen LogP contribution in [0.25, 0.3) is 0 Å². The molecule has 0 bridgehead atoms. The molecule has 0 aliphatic heterocycles. The Labute approximate surface area is 146 Å². The first-order chi connectivity index (χ1) is 11.7. The minimum absolute atomic E-state index is 0.243. The number of unbranched alkanes of at least 4 members (excludes halogenated alkanes) is 1. The Morgan fingerprint density at radius 1 is 0.708 bits per heavy atom. The number of ether oxygens (including phenoxy) is 4. The summed E-state index contributed by atoms with van der Waals surface area (Å²) in [6, 6.07) is 0. The Kier molecular flexibility index (Phi) is 17.4. The van der Waals surface area contributed by atoms with E-state index in [0.29, 0.717) is 13.2 Å². The van der Waals surface area contributed by atoms with Gasteiger partial charge in [0.05, 0.1) is 25.7 Å². The third-order valence-electron chi connectivity index (χ3n) is 2.88. The van der Waals surface area contributed by atoms with Gasteiger partial charge in [0.1, 0.15) is 25.4 Å². The number of aliphatic hydroxyl groups is 2. The molecule has 6 nitrogen and oxygen atoms in total. The van der Waals surface area contributed by atoms with Gasteiger partial charge in [-0.05, 0) is 25.7 Å². The van der Waals surface area contributed by atoms with Gasteiger partial charge >= 0.3 is 0 Å². The van der Waals surface area contributed by atoms with Crippen molar-refractivity contribution < 1.29 is 29.2 Å². The second-order valence-corrected chi connectivity index (χ2v) is 5.39. The fourth-order valence-corrected chi connectivity index (χ4v) is 1.61. The first-order valence-electron chi connectivity index (χ1n) is 8.75. The third kappa shape index (κ3) is 17.3. The number of rotatable bonds is 17. The second-order valence-electron chi connectivity index (χ2n) is 5.39. The van der Waals surface area contributed by atoms with Gasteiger partial charge in [0.2, 0.25) is 0 Å². The van der Waals surface area contributed by atoms with Crippen LogP contribution in [-0.4, -0.2) is 62.1 Å². The van der Waals surface area contributed by atoms with Crippen LogP contribution in [0, 0.1) is 0 Å². The number of hydrogen-bond acceptors (Lipinski definition) is 6. The van der Waals surface area contributed by atoms with E-state index < -0.39 is 12.2 Å². The van der Waals surface area contributed by atoms with Gasteiger partial charge in [-0.15, -0.1) is 0 Å². The van der Waals surface area contributed by atoms with Gasteiger partial charge in [0.25, 0.3) is 0 Å². The first-order valence-corrected chi connectivity index (χ1v) is 8.75. The average Bonchev–Trinajstić information content (AvgIpc) is 2.58. The standard InChI is InChI=1S/C18H34O6/c1-3-5-9-21-13-17(19)15-23-11-7-8-12-24-16-18(20)14-22-10-6-4-2/h5-6,9-10,17-20H,3-4,7-8,11-16H2,1-2H3. The minimum atomic E-state index is -0.611. The molecular formula is C18H34O6. The van der Waals surface area contributed by atoms with Crippen LogP contribution in [0.1, 0.15) is 39.5 Å². The quantitative estimate of drug-likeness (QED) is 0.311. The van der Waals surface area contributed by atoms with Crippen LogP contribution >= 0.6 is 0 Å². The van der Waals surface area contributed by atoms with Crippen molar-refractivity contribution in [3.63, 3.8) is 0 Å². The van der Waals surface area contributed by atoms with E-state index in [-0.39, 0.29) is 26.4 Å². The smallest absolute Gasteiger partial charge is 0.115 e. The van der Waals surface area contributed by atoms with Gasteiger partial charge in [-0.25, -0.2) is 0 Å². The maximum Gasteiger partial charge on any atom is 0.115 e. The van der Waals surface area contributed by atoms with E-state index in [1.807, 2.05) is 26.0 Å². The highest BCUT2D eigenvalue weighted by Crippen LogP contribution is 1.96. The lowest BCUT2D eigenvalue weighted by atomic mass is 10.3. The first kappa shape index (κ1) is 22.9. The highest BCUT2D eigenvalue weighted by Gasteiger charge is 2.05. The summed E-state index contributed by atoms with van der Waals surface area (Å²) in [5.74, 6) is 0. The molecule has 2 unspecified atom stereocenters. The van der Waals surface area contributed by atoms with E-state index in [4.69, 9.17) is 18.9 Å². The second kappa shape index (κ2) is 18.3. The van der Waals surface area contributed by atoms with Crippen LogP contribution in [0.3, 0.4) is 0 Å². The molecule has 0 aliphatic carbocycles. The number of hydrogen-bond donors (Lipinski definition) is 2. The maximum absolute atomic E-state index is 9.60. The van der Waals surface area contributed by atoms with Gasteiger partial charge in [-0.3, -0.25) is 0 Å². The van der Waals surface area contributed by atoms with Crippen LogP contribution in [0.4, 0.5) is 0 Å². The lowest BCUT2D eigenvalue weighted by Crippen LogP contribution is -2.21. The van der Waals surface area contributed by atoms with E-state index >= 15 is 0 Å². The van der Waals surface area contributed by atoms with Crippen molar-refractivity contribution in [3.8, 4) is 0 Å². The molecule has 142 valence electrons. The zero-order valence-corrected chi connectivity index (χ0v) is 15.1. The monoisotopic (exact) mass is 346 g/mol. The molecule has 24 heavy (non-hydrogen) atoms. The van der Waals surface area contributed by atoms with Crippen molar-refractivity contribution >= 4 is 0 Å². The molecule has 0 aliphatic rings. The minimum Gasteiger partial charge on any atom is -0.499 e. The summed E-state index contributed by atoms with van der Waals surface area (Å²) in [5, 5.41) is 19.2. The summed E-state index contributed by atoms with van der Waals surface area (Å²) in [5.41, 5.74) is 0. The Balaban J connectivity index is 3.29. The van der Waals surface area contributed by atoms with Crippen LogP contribution in [-0.2, 0) is 18.9 Å². The molecule has 6 heteroatoms. The highest BCUT2D eigenvalue weighted by molar-refractivity contribution is 4.71. The van der Waals surface area contributed by atoms with Crippen molar-refractivity contribution in [2.24, 2.45) is 0 Å². The van der Waals surface area contributed by atoms with E-state index in [0.717, 1.165) is 25.7 Å². The van der Waals surface area contributed by atoms with Crippen LogP contribution in [0.2, 0.25) is 0 Å². The molecule has 0 saturated heterocycles. The predicted molar refractivity (Wildman–Crippen MR) is 93.7 cm³/mol. The lowest BCUT2D eigenvalue weighted by Gasteiger charge is -2.12. The molecule has 0 aromatic heterocycles. The number of allylic oxidation sites excluding steroid dienone is 2. The van der Waals surface area contributed by atoms with Crippen molar-refractivity contribution in [1.29, 1.82) is 0 Å². The van der Waals surface area contributed by atoms with Crippen LogP contribution in [0.5, 0.6) is 0 Å². The summed E-state index contributed by atoms with van der Waals surface area (Å²) in [6.45, 7) is 6.19. The van der Waals surface area contributed by atoms with Gasteiger partial charge in [-0.1, -0.05) is 26.0 Å². The molecule has 0 radical (unpaired) electrons. The molecule has 0 aromatic carbocycles. The molecule has 0 amide bonds. The van der Waals surface area contributed by atoms with Crippen molar-refractivity contribution in [1.82, 2.24) is 0 Å². The third-order valence-corrected chi connectivity index (χ3v) is 2.88. The fourth-order valence-electron chi connectivity index (χ4n) is 1.61. The Hall–Kier alpha value is -1.08. The van der Waals surface area contributed by atoms with Crippen LogP contribution in [0.15, 0.2) is 24.7 Å². The summed E-state index contributed by atoms with van der Waals surface area (Å²) in [4.78, 5) is 0. The summed E-state index contributed by atoms with van der Waals surface area (Å²) >= 11 is 0. The molecule has 0 heterocycles. The fraction of sp³-hybridized carbons (Fsp3) is 0.778. The van der Waals surface area contributed by atoms with Gasteiger partial charge in [0, 0.05) is 13.2 Å². The van der Waals surface area contributed by atoms with Crippen molar-refractivity contribution in [3.05, 3.63) is 24.7 Å². The number of aliphatic hydroxyl groups excluding tert-OH is 2. The molecule has 0 saturated carbocycles. The molecule has 2 atom stereocenters. The van der Waals surface area contributed by atoms with E-state index in [9.17, 15) is 10.2 Å². The van der Waals surface area contributed by atoms with E-state index in [2.05, 4.69) is 0 Å². The average molecular weight is 346 g/mol. The highest BCUT2D eigenvalue weighted by atomic mass is 16.5. The van der Waals surface area contributed by atoms with E-state index in [1.54, 1.807) is 12.5 Å². The zero-order chi connectivity index (χ0) is 17.9. The Bertz CT molecular complexity index is 276. The van der Waals surface area contributed by atoms with Gasteiger partial charge in [-0.2, -0.15) is 0 Å². The largest absolute Gasteiger partial charge is 0.499 e.